The number of thiazole rings is 1. The van der Waals surface area contributed by atoms with Gasteiger partial charge >= 0.3 is 0 Å². The summed E-state index contributed by atoms with van der Waals surface area (Å²) < 4.78 is 5.48. The zero-order chi connectivity index (χ0) is 12.8. The molecule has 0 fully saturated rings. The standard InChI is InChI=1S/C14H18N2OS/c1-3-17-9-12-6-4-5-7-13(12)16-11(2)14-8-15-10-18-14/h4-8,10-11,16H,3,9H2,1-2H3. The number of anilines is 1. The molecule has 1 aromatic carbocycles. The Labute approximate surface area is 112 Å². The minimum Gasteiger partial charge on any atom is -0.377 e. The van der Waals surface area contributed by atoms with Gasteiger partial charge in [-0.3, -0.25) is 4.98 Å². The summed E-state index contributed by atoms with van der Waals surface area (Å²) >= 11 is 1.67. The largest absolute Gasteiger partial charge is 0.377 e. The first-order chi connectivity index (χ1) is 8.81. The summed E-state index contributed by atoms with van der Waals surface area (Å²) in [5.74, 6) is 0. The Morgan fingerprint density at radius 3 is 2.94 bits per heavy atom. The third kappa shape index (κ3) is 3.31. The fraction of sp³-hybridized carbons (Fsp3) is 0.357. The van der Waals surface area contributed by atoms with Gasteiger partial charge in [-0.15, -0.1) is 11.3 Å². The Morgan fingerprint density at radius 2 is 2.22 bits per heavy atom. The maximum Gasteiger partial charge on any atom is 0.0795 e. The number of hydrogen-bond acceptors (Lipinski definition) is 4. The summed E-state index contributed by atoms with van der Waals surface area (Å²) in [6, 6.07) is 8.53. The Balaban J connectivity index is 2.08. The maximum atomic E-state index is 5.48. The van der Waals surface area contributed by atoms with E-state index in [2.05, 4.69) is 29.4 Å². The molecule has 2 rings (SSSR count). The molecule has 3 nitrogen and oxygen atoms in total. The lowest BCUT2D eigenvalue weighted by molar-refractivity contribution is 0.134. The van der Waals surface area contributed by atoms with Crippen molar-refractivity contribution < 1.29 is 4.74 Å². The van der Waals surface area contributed by atoms with E-state index in [1.54, 1.807) is 11.3 Å². The van der Waals surface area contributed by atoms with Crippen LogP contribution in [0.5, 0.6) is 0 Å². The molecule has 1 N–H and O–H groups in total. The van der Waals surface area contributed by atoms with E-state index < -0.39 is 0 Å². The van der Waals surface area contributed by atoms with Crippen LogP contribution in [-0.4, -0.2) is 11.6 Å². The van der Waals surface area contributed by atoms with E-state index in [1.807, 2.05) is 30.8 Å². The second-order valence-electron chi connectivity index (χ2n) is 4.06. The molecule has 1 aromatic heterocycles. The summed E-state index contributed by atoms with van der Waals surface area (Å²) in [5, 5.41) is 3.51. The Hall–Kier alpha value is -1.39. The second kappa shape index (κ2) is 6.52. The fourth-order valence-electron chi connectivity index (χ4n) is 1.74. The summed E-state index contributed by atoms with van der Waals surface area (Å²) in [6.07, 6.45) is 1.91. The average Bonchev–Trinajstić information content (AvgIpc) is 2.91. The molecule has 96 valence electrons. The molecule has 0 saturated carbocycles. The van der Waals surface area contributed by atoms with Crippen LogP contribution in [0.25, 0.3) is 0 Å². The van der Waals surface area contributed by atoms with E-state index in [0.717, 1.165) is 12.3 Å². The van der Waals surface area contributed by atoms with Crippen molar-refractivity contribution in [3.8, 4) is 0 Å². The Kier molecular flexibility index (Phi) is 4.73. The van der Waals surface area contributed by atoms with Crippen molar-refractivity contribution in [2.24, 2.45) is 0 Å². The molecule has 0 saturated heterocycles. The highest BCUT2D eigenvalue weighted by molar-refractivity contribution is 7.09. The minimum absolute atomic E-state index is 0.264. The fourth-order valence-corrected chi connectivity index (χ4v) is 2.37. The highest BCUT2D eigenvalue weighted by Crippen LogP contribution is 2.24. The van der Waals surface area contributed by atoms with Gasteiger partial charge < -0.3 is 10.1 Å². The molecule has 1 heterocycles. The molecule has 0 bridgehead atoms. The predicted octanol–water partition coefficient (Wildman–Crippen LogP) is 3.85. The lowest BCUT2D eigenvalue weighted by atomic mass is 10.1. The summed E-state index contributed by atoms with van der Waals surface area (Å²) in [6.45, 7) is 5.54. The van der Waals surface area contributed by atoms with Crippen LogP contribution < -0.4 is 5.32 Å². The van der Waals surface area contributed by atoms with E-state index in [-0.39, 0.29) is 6.04 Å². The molecule has 0 spiro atoms. The van der Waals surface area contributed by atoms with Crippen molar-refractivity contribution in [2.75, 3.05) is 11.9 Å². The number of hydrogen-bond donors (Lipinski definition) is 1. The molecule has 18 heavy (non-hydrogen) atoms. The monoisotopic (exact) mass is 262 g/mol. The number of nitrogens with zero attached hydrogens (tertiary/aromatic N) is 1. The summed E-state index contributed by atoms with van der Waals surface area (Å²) in [5.41, 5.74) is 4.18. The summed E-state index contributed by atoms with van der Waals surface area (Å²) in [7, 11) is 0. The van der Waals surface area contributed by atoms with Crippen LogP contribution in [0.3, 0.4) is 0 Å². The van der Waals surface area contributed by atoms with Crippen LogP contribution in [0, 0.1) is 0 Å². The first-order valence-electron chi connectivity index (χ1n) is 6.11. The van der Waals surface area contributed by atoms with Gasteiger partial charge in [0, 0.05) is 28.9 Å². The molecule has 0 aliphatic rings. The second-order valence-corrected chi connectivity index (χ2v) is 4.98. The van der Waals surface area contributed by atoms with Crippen LogP contribution in [0.4, 0.5) is 5.69 Å². The Bertz CT molecular complexity index is 470. The van der Waals surface area contributed by atoms with Gasteiger partial charge in [0.05, 0.1) is 18.2 Å². The van der Waals surface area contributed by atoms with E-state index in [4.69, 9.17) is 4.74 Å². The molecule has 2 aromatic rings. The molecule has 4 heteroatoms. The zero-order valence-corrected chi connectivity index (χ0v) is 11.5. The molecule has 0 amide bonds. The molecule has 1 unspecified atom stereocenters. The zero-order valence-electron chi connectivity index (χ0n) is 10.7. The van der Waals surface area contributed by atoms with E-state index in [0.29, 0.717) is 6.61 Å². The first kappa shape index (κ1) is 13.1. The number of nitrogens with one attached hydrogen (secondary N) is 1. The van der Waals surface area contributed by atoms with E-state index >= 15 is 0 Å². The quantitative estimate of drug-likeness (QED) is 0.858. The van der Waals surface area contributed by atoms with Crippen LogP contribution in [-0.2, 0) is 11.3 Å². The maximum absolute atomic E-state index is 5.48. The number of aromatic nitrogens is 1. The van der Waals surface area contributed by atoms with Crippen molar-refractivity contribution in [2.45, 2.75) is 26.5 Å². The molecule has 0 radical (unpaired) electrons. The lowest BCUT2D eigenvalue weighted by Crippen LogP contribution is -2.07. The lowest BCUT2D eigenvalue weighted by Gasteiger charge is -2.16. The number of ether oxygens (including phenoxy) is 1. The predicted molar refractivity (Wildman–Crippen MR) is 75.9 cm³/mol. The van der Waals surface area contributed by atoms with E-state index in [9.17, 15) is 0 Å². The molecule has 0 aliphatic carbocycles. The van der Waals surface area contributed by atoms with Crippen LogP contribution >= 0.6 is 11.3 Å². The van der Waals surface area contributed by atoms with Crippen LogP contribution in [0.2, 0.25) is 0 Å². The number of para-hydroxylation sites is 1. The van der Waals surface area contributed by atoms with Gasteiger partial charge in [-0.1, -0.05) is 18.2 Å². The van der Waals surface area contributed by atoms with Crippen molar-refractivity contribution in [3.63, 3.8) is 0 Å². The molecular weight excluding hydrogens is 244 g/mol. The molecular formula is C14H18N2OS. The van der Waals surface area contributed by atoms with E-state index in [1.165, 1.54) is 10.4 Å². The molecule has 1 atom stereocenters. The van der Waals surface area contributed by atoms with Gasteiger partial charge in [-0.25, -0.2) is 0 Å². The Morgan fingerprint density at radius 1 is 1.39 bits per heavy atom. The molecule has 0 aliphatic heterocycles. The summed E-state index contributed by atoms with van der Waals surface area (Å²) in [4.78, 5) is 5.35. The average molecular weight is 262 g/mol. The van der Waals surface area contributed by atoms with Crippen molar-refractivity contribution >= 4 is 17.0 Å². The number of benzene rings is 1. The van der Waals surface area contributed by atoms with Gasteiger partial charge in [0.2, 0.25) is 0 Å². The van der Waals surface area contributed by atoms with Crippen molar-refractivity contribution in [1.82, 2.24) is 4.98 Å². The van der Waals surface area contributed by atoms with Gasteiger partial charge in [0.1, 0.15) is 0 Å². The SMILES string of the molecule is CCOCc1ccccc1NC(C)c1cncs1. The van der Waals surface area contributed by atoms with Gasteiger partial charge in [-0.2, -0.15) is 0 Å². The van der Waals surface area contributed by atoms with Crippen molar-refractivity contribution in [3.05, 3.63) is 46.4 Å². The number of rotatable bonds is 6. The normalized spacial score (nSPS) is 12.3. The van der Waals surface area contributed by atoms with Crippen molar-refractivity contribution in [1.29, 1.82) is 0 Å². The highest BCUT2D eigenvalue weighted by atomic mass is 32.1. The first-order valence-corrected chi connectivity index (χ1v) is 6.99. The topological polar surface area (TPSA) is 34.1 Å². The van der Waals surface area contributed by atoms with Gasteiger partial charge in [0.15, 0.2) is 0 Å². The highest BCUT2D eigenvalue weighted by Gasteiger charge is 2.09. The smallest absolute Gasteiger partial charge is 0.0795 e. The third-order valence-electron chi connectivity index (χ3n) is 2.73. The minimum atomic E-state index is 0.264. The van der Waals surface area contributed by atoms with Gasteiger partial charge in [0.25, 0.3) is 0 Å². The van der Waals surface area contributed by atoms with Crippen LogP contribution in [0.15, 0.2) is 36.0 Å². The van der Waals surface area contributed by atoms with Gasteiger partial charge in [-0.05, 0) is 19.9 Å². The van der Waals surface area contributed by atoms with Crippen LogP contribution in [0.1, 0.15) is 30.3 Å². The third-order valence-corrected chi connectivity index (χ3v) is 3.69.